The van der Waals surface area contributed by atoms with Gasteiger partial charge >= 0.3 is 0 Å². The molecular weight excluding hydrogens is 274 g/mol. The van der Waals surface area contributed by atoms with Crippen LogP contribution in [0.25, 0.3) is 0 Å². The van der Waals surface area contributed by atoms with Gasteiger partial charge in [0.2, 0.25) is 17.7 Å². The second-order valence-electron chi connectivity index (χ2n) is 3.62. The minimum Gasteiger partial charge on any atom is -0.362 e. The van der Waals surface area contributed by atoms with Gasteiger partial charge in [-0.05, 0) is 0 Å². The van der Waals surface area contributed by atoms with Crippen LogP contribution in [0.3, 0.4) is 0 Å². The van der Waals surface area contributed by atoms with Gasteiger partial charge in [0.1, 0.15) is 13.2 Å². The Kier molecular flexibility index (Phi) is 6.30. The number of ether oxygens (including phenoxy) is 1. The zero-order valence-electron chi connectivity index (χ0n) is 10.4. The molecule has 0 aromatic carbocycles. The highest BCUT2D eigenvalue weighted by atomic mass is 32.2. The molecule has 2 N–H and O–H groups in total. The molecule has 19 heavy (non-hydrogen) atoms. The smallest absolute Gasteiger partial charge is 0.288 e. The zero-order chi connectivity index (χ0) is 14.3. The Morgan fingerprint density at radius 3 is 2.58 bits per heavy atom. The van der Waals surface area contributed by atoms with Crippen LogP contribution >= 0.6 is 11.8 Å². The summed E-state index contributed by atoms with van der Waals surface area (Å²) in [5, 5.41) is 4.54. The molecule has 1 aliphatic rings. The van der Waals surface area contributed by atoms with Crippen LogP contribution in [0.1, 0.15) is 0 Å². The van der Waals surface area contributed by atoms with Crippen LogP contribution in [0.5, 0.6) is 0 Å². The number of imide groups is 1. The van der Waals surface area contributed by atoms with Crippen molar-refractivity contribution in [1.82, 2.24) is 15.5 Å². The van der Waals surface area contributed by atoms with Gasteiger partial charge in [0, 0.05) is 20.1 Å². The molecule has 1 fully saturated rings. The Balaban J connectivity index is 2.12. The molecule has 9 heteroatoms. The number of nitrogens with one attached hydrogen (secondary N) is 2. The van der Waals surface area contributed by atoms with Gasteiger partial charge in [-0.3, -0.25) is 24.1 Å². The molecular formula is C10H15N3O5S. The molecule has 0 aromatic heterocycles. The number of rotatable bonds is 7. The number of thioether (sulfide) groups is 1. The maximum atomic E-state index is 11.3. The molecule has 0 spiro atoms. The summed E-state index contributed by atoms with van der Waals surface area (Å²) in [7, 11) is 1.47. The average molecular weight is 289 g/mol. The minimum absolute atomic E-state index is 0.145. The summed E-state index contributed by atoms with van der Waals surface area (Å²) >= 11 is 0.948. The van der Waals surface area contributed by atoms with Crippen molar-refractivity contribution in [1.29, 1.82) is 0 Å². The maximum absolute atomic E-state index is 11.3. The number of likely N-dealkylation sites (N-methyl/N-ethyl adjacent to an activating group) is 1. The predicted octanol–water partition coefficient (Wildman–Crippen LogP) is -1.44. The van der Waals surface area contributed by atoms with Crippen molar-refractivity contribution in [2.75, 3.05) is 39.1 Å². The number of amides is 4. The first-order valence-corrected chi connectivity index (χ1v) is 6.55. The minimum atomic E-state index is -0.407. The number of nitrogens with zero attached hydrogens (tertiary/aromatic N) is 1. The number of carbonyl (C=O) groups excluding carboxylic acids is 4. The van der Waals surface area contributed by atoms with Gasteiger partial charge in [0.25, 0.3) is 5.24 Å². The summed E-state index contributed by atoms with van der Waals surface area (Å²) < 4.78 is 4.84. The lowest BCUT2D eigenvalue weighted by atomic mass is 10.5. The fourth-order valence-electron chi connectivity index (χ4n) is 1.26. The Bertz CT molecular complexity index is 371. The average Bonchev–Trinajstić information content (AvgIpc) is 2.70. The lowest BCUT2D eigenvalue weighted by Crippen LogP contribution is -2.39. The summed E-state index contributed by atoms with van der Waals surface area (Å²) in [6.07, 6.45) is 0. The molecule has 1 aliphatic heterocycles. The van der Waals surface area contributed by atoms with Gasteiger partial charge in [-0.25, -0.2) is 0 Å². The molecule has 1 rings (SSSR count). The van der Waals surface area contributed by atoms with Crippen LogP contribution < -0.4 is 10.6 Å². The molecule has 0 aromatic rings. The van der Waals surface area contributed by atoms with Crippen LogP contribution in [0.4, 0.5) is 4.79 Å². The summed E-state index contributed by atoms with van der Waals surface area (Å²) in [6, 6.07) is 0. The molecule has 0 radical (unpaired) electrons. The van der Waals surface area contributed by atoms with Gasteiger partial charge in [-0.2, -0.15) is 0 Å². The fraction of sp³-hybridized carbons (Fsp3) is 0.600. The molecule has 1 heterocycles. The first-order chi connectivity index (χ1) is 9.04. The second-order valence-corrected chi connectivity index (χ2v) is 4.54. The van der Waals surface area contributed by atoms with E-state index < -0.39 is 5.91 Å². The van der Waals surface area contributed by atoms with Gasteiger partial charge in [0.15, 0.2) is 0 Å². The Morgan fingerprint density at radius 2 is 2.00 bits per heavy atom. The maximum Gasteiger partial charge on any atom is 0.288 e. The van der Waals surface area contributed by atoms with E-state index in [1.165, 1.54) is 7.05 Å². The van der Waals surface area contributed by atoms with Crippen molar-refractivity contribution in [3.05, 3.63) is 0 Å². The quantitative estimate of drug-likeness (QED) is 0.595. The van der Waals surface area contributed by atoms with Crippen LogP contribution in [0.2, 0.25) is 0 Å². The highest BCUT2D eigenvalue weighted by Gasteiger charge is 2.29. The van der Waals surface area contributed by atoms with Gasteiger partial charge in [-0.15, -0.1) is 0 Å². The Morgan fingerprint density at radius 1 is 1.32 bits per heavy atom. The SMILES string of the molecule is CNC(=O)COCC(=O)NCCN1C(=O)CSC1=O. The van der Waals surface area contributed by atoms with E-state index in [1.807, 2.05) is 0 Å². The Labute approximate surface area is 114 Å². The molecule has 0 aliphatic carbocycles. The zero-order valence-corrected chi connectivity index (χ0v) is 11.2. The number of carbonyl (C=O) groups is 4. The fourth-order valence-corrected chi connectivity index (χ4v) is 2.02. The van der Waals surface area contributed by atoms with Crippen LogP contribution in [-0.2, 0) is 19.1 Å². The van der Waals surface area contributed by atoms with Crippen molar-refractivity contribution in [2.24, 2.45) is 0 Å². The summed E-state index contributed by atoms with van der Waals surface area (Å²) in [5.74, 6) is -0.823. The third kappa shape index (κ3) is 5.26. The predicted molar refractivity (Wildman–Crippen MR) is 67.5 cm³/mol. The Hall–Kier alpha value is -1.61. The highest BCUT2D eigenvalue weighted by molar-refractivity contribution is 8.14. The van der Waals surface area contributed by atoms with Gasteiger partial charge < -0.3 is 15.4 Å². The monoisotopic (exact) mass is 289 g/mol. The number of hydrogen-bond acceptors (Lipinski definition) is 6. The van der Waals surface area contributed by atoms with Crippen molar-refractivity contribution in [3.8, 4) is 0 Å². The molecule has 1 saturated heterocycles. The molecule has 8 nitrogen and oxygen atoms in total. The molecule has 0 bridgehead atoms. The van der Waals surface area contributed by atoms with E-state index in [2.05, 4.69) is 10.6 Å². The molecule has 0 atom stereocenters. The largest absolute Gasteiger partial charge is 0.362 e. The van der Waals surface area contributed by atoms with Crippen molar-refractivity contribution in [3.63, 3.8) is 0 Å². The van der Waals surface area contributed by atoms with Crippen molar-refractivity contribution < 1.29 is 23.9 Å². The lowest BCUT2D eigenvalue weighted by molar-refractivity contribution is -0.131. The second kappa shape index (κ2) is 7.74. The van der Waals surface area contributed by atoms with Gasteiger partial charge in [-0.1, -0.05) is 11.8 Å². The van der Waals surface area contributed by atoms with E-state index in [4.69, 9.17) is 4.74 Å². The molecule has 106 valence electrons. The first kappa shape index (κ1) is 15.4. The van der Waals surface area contributed by atoms with E-state index in [1.54, 1.807) is 0 Å². The van der Waals surface area contributed by atoms with Crippen molar-refractivity contribution in [2.45, 2.75) is 0 Å². The van der Waals surface area contributed by atoms with Crippen molar-refractivity contribution >= 4 is 34.7 Å². The third-order valence-corrected chi connectivity index (χ3v) is 3.10. The highest BCUT2D eigenvalue weighted by Crippen LogP contribution is 2.17. The van der Waals surface area contributed by atoms with E-state index in [0.29, 0.717) is 0 Å². The summed E-state index contributed by atoms with van der Waals surface area (Å²) in [5.41, 5.74) is 0. The van der Waals surface area contributed by atoms with Crippen LogP contribution in [0, 0.1) is 0 Å². The first-order valence-electron chi connectivity index (χ1n) is 5.56. The summed E-state index contributed by atoms with van der Waals surface area (Å²) in [6.45, 7) is -0.125. The van der Waals surface area contributed by atoms with Crippen LogP contribution in [0.15, 0.2) is 0 Å². The molecule has 0 saturated carbocycles. The van der Waals surface area contributed by atoms with E-state index >= 15 is 0 Å². The molecule has 4 amide bonds. The lowest BCUT2D eigenvalue weighted by Gasteiger charge is -2.13. The third-order valence-electron chi connectivity index (χ3n) is 2.24. The normalized spacial score (nSPS) is 14.7. The van der Waals surface area contributed by atoms with E-state index in [9.17, 15) is 19.2 Å². The van der Waals surface area contributed by atoms with Crippen LogP contribution in [-0.4, -0.2) is 67.0 Å². The summed E-state index contributed by atoms with van der Waals surface area (Å²) in [4.78, 5) is 45.7. The topological polar surface area (TPSA) is 105 Å². The van der Waals surface area contributed by atoms with Gasteiger partial charge in [0.05, 0.1) is 5.75 Å². The van der Waals surface area contributed by atoms with E-state index in [0.717, 1.165) is 16.7 Å². The number of hydrogen-bond donors (Lipinski definition) is 2. The molecule has 0 unspecified atom stereocenters. The van der Waals surface area contributed by atoms with E-state index in [-0.39, 0.29) is 49.1 Å². The standard InChI is InChI=1S/C10H15N3O5S/c1-11-7(14)4-18-5-8(15)12-2-3-13-9(16)6-19-10(13)17/h2-6H2,1H3,(H,11,14)(H,12,15).